The van der Waals surface area contributed by atoms with Crippen LogP contribution in [0.15, 0.2) is 42.5 Å². The molecule has 0 aromatic heterocycles. The van der Waals surface area contributed by atoms with Crippen molar-refractivity contribution >= 4 is 25.1 Å². The molecule has 240 valence electrons. The Labute approximate surface area is 264 Å². The third kappa shape index (κ3) is 12.1. The highest BCUT2D eigenvalue weighted by molar-refractivity contribution is 6.74. The average Bonchev–Trinajstić information content (AvgIpc) is 2.98. The van der Waals surface area contributed by atoms with E-state index in [1.165, 1.54) is 44.9 Å². The summed E-state index contributed by atoms with van der Waals surface area (Å²) in [6.45, 7) is 16.5. The Bertz CT molecular complexity index is 1150. The maximum atomic E-state index is 13.6. The second kappa shape index (κ2) is 18.6. The molecule has 0 amide bonds. The maximum absolute atomic E-state index is 13.6. The first-order valence-corrected chi connectivity index (χ1v) is 19.7. The van der Waals surface area contributed by atoms with Crippen molar-refractivity contribution in [3.05, 3.63) is 48.0 Å². The van der Waals surface area contributed by atoms with Crippen molar-refractivity contribution in [1.29, 1.82) is 0 Å². The number of esters is 1. The van der Waals surface area contributed by atoms with Crippen LogP contribution in [0.3, 0.4) is 0 Å². The molecule has 0 aliphatic heterocycles. The van der Waals surface area contributed by atoms with Gasteiger partial charge in [0.2, 0.25) is 0 Å². The van der Waals surface area contributed by atoms with Crippen molar-refractivity contribution in [2.45, 2.75) is 148 Å². The molecule has 0 unspecified atom stereocenters. The molecule has 0 aliphatic carbocycles. The molecular formula is C38H60O4Si. The predicted molar refractivity (Wildman–Crippen MR) is 185 cm³/mol. The van der Waals surface area contributed by atoms with Crippen LogP contribution in [0.4, 0.5) is 0 Å². The van der Waals surface area contributed by atoms with E-state index in [-0.39, 0.29) is 11.0 Å². The first-order valence-electron chi connectivity index (χ1n) is 16.8. The Kier molecular flexibility index (Phi) is 16.0. The van der Waals surface area contributed by atoms with E-state index in [0.29, 0.717) is 0 Å². The van der Waals surface area contributed by atoms with Crippen LogP contribution in [0.1, 0.15) is 124 Å². The molecule has 0 spiro atoms. The Morgan fingerprint density at radius 2 is 1.44 bits per heavy atom. The number of hydrogen-bond donors (Lipinski definition) is 0. The first kappa shape index (κ1) is 37.1. The van der Waals surface area contributed by atoms with E-state index in [1.54, 1.807) is 14.0 Å². The molecule has 0 radical (unpaired) electrons. The topological polar surface area (TPSA) is 44.8 Å². The lowest BCUT2D eigenvalue weighted by Gasteiger charge is -2.36. The van der Waals surface area contributed by atoms with Gasteiger partial charge in [-0.3, -0.25) is 0 Å². The molecular weight excluding hydrogens is 549 g/mol. The van der Waals surface area contributed by atoms with Gasteiger partial charge in [0.15, 0.2) is 20.0 Å². The standard InChI is InChI=1S/C38H60O4Si/c1-9-10-11-19-27-33(28-20-17-15-13-12-14-16-18-23-31-41-43(7,8)37(2,3)4)42-36(39)38(5,40-6)35-30-24-26-32-25-21-22-29-34(32)35/h21-22,24-26,29-30,33H,9-18,20,23,28,31H2,1-8H3/t33-,38-/m1/s1. The molecule has 43 heavy (non-hydrogen) atoms. The van der Waals surface area contributed by atoms with E-state index >= 15 is 0 Å². The van der Waals surface area contributed by atoms with Crippen molar-refractivity contribution in [2.75, 3.05) is 13.7 Å². The quantitative estimate of drug-likeness (QED) is 0.0689. The van der Waals surface area contributed by atoms with E-state index in [0.717, 1.165) is 61.5 Å². The second-order valence-corrected chi connectivity index (χ2v) is 18.5. The average molecular weight is 609 g/mol. The predicted octanol–water partition coefficient (Wildman–Crippen LogP) is 10.7. The van der Waals surface area contributed by atoms with Gasteiger partial charge in [-0.1, -0.05) is 133 Å². The summed E-state index contributed by atoms with van der Waals surface area (Å²) in [6.07, 6.45) is 14.3. The maximum Gasteiger partial charge on any atom is 0.344 e. The van der Waals surface area contributed by atoms with Gasteiger partial charge >= 0.3 is 5.97 Å². The van der Waals surface area contributed by atoms with Gasteiger partial charge in [-0.2, -0.15) is 0 Å². The van der Waals surface area contributed by atoms with Gasteiger partial charge in [-0.15, -0.1) is 0 Å². The molecule has 0 fully saturated rings. The summed E-state index contributed by atoms with van der Waals surface area (Å²) in [7, 11) is -0.0301. The van der Waals surface area contributed by atoms with Crippen LogP contribution < -0.4 is 0 Å². The monoisotopic (exact) mass is 608 g/mol. The number of benzene rings is 2. The molecule has 2 atom stereocenters. The highest BCUT2D eigenvalue weighted by Gasteiger charge is 2.39. The molecule has 2 aromatic rings. The zero-order valence-electron chi connectivity index (χ0n) is 28.7. The Morgan fingerprint density at radius 3 is 2.07 bits per heavy atom. The minimum Gasteiger partial charge on any atom is -0.447 e. The first-order chi connectivity index (χ1) is 20.5. The third-order valence-electron chi connectivity index (χ3n) is 9.15. The lowest BCUT2D eigenvalue weighted by Crippen LogP contribution is -2.40. The molecule has 4 nitrogen and oxygen atoms in total. The minimum atomic E-state index is -1.61. The van der Waals surface area contributed by atoms with E-state index in [9.17, 15) is 4.79 Å². The lowest BCUT2D eigenvalue weighted by atomic mass is 9.90. The van der Waals surface area contributed by atoms with Gasteiger partial charge in [0.05, 0.1) is 0 Å². The summed E-state index contributed by atoms with van der Waals surface area (Å²) in [4.78, 5) is 13.6. The van der Waals surface area contributed by atoms with Crippen LogP contribution >= 0.6 is 0 Å². The van der Waals surface area contributed by atoms with Gasteiger partial charge in [0.1, 0.15) is 0 Å². The highest BCUT2D eigenvalue weighted by Crippen LogP contribution is 2.37. The van der Waals surface area contributed by atoms with Crippen LogP contribution in [-0.4, -0.2) is 34.1 Å². The number of methoxy groups -OCH3 is 1. The van der Waals surface area contributed by atoms with Gasteiger partial charge in [0.25, 0.3) is 0 Å². The highest BCUT2D eigenvalue weighted by atomic mass is 28.4. The largest absolute Gasteiger partial charge is 0.447 e. The van der Waals surface area contributed by atoms with E-state index < -0.39 is 20.0 Å². The van der Waals surface area contributed by atoms with Crippen LogP contribution in [0.25, 0.3) is 10.8 Å². The Hall–Kier alpha value is -2.13. The smallest absolute Gasteiger partial charge is 0.344 e. The molecule has 0 aliphatic rings. The SMILES string of the molecule is CCCCC#C[C@H](CCCCCCCCCCCO[Si](C)(C)C(C)(C)C)OC(=O)[C@](C)(OC)c1cccc2ccccc12. The summed E-state index contributed by atoms with van der Waals surface area (Å²) in [5.41, 5.74) is -0.389. The third-order valence-corrected chi connectivity index (χ3v) is 13.7. The second-order valence-electron chi connectivity index (χ2n) is 13.7. The summed E-state index contributed by atoms with van der Waals surface area (Å²) >= 11 is 0. The summed E-state index contributed by atoms with van der Waals surface area (Å²) in [5, 5.41) is 2.36. The van der Waals surface area contributed by atoms with E-state index in [2.05, 4.69) is 52.6 Å². The minimum absolute atomic E-state index is 0.290. The van der Waals surface area contributed by atoms with Gasteiger partial charge in [0, 0.05) is 25.7 Å². The zero-order valence-corrected chi connectivity index (χ0v) is 29.7. The van der Waals surface area contributed by atoms with Crippen molar-refractivity contribution in [3.63, 3.8) is 0 Å². The van der Waals surface area contributed by atoms with Crippen LogP contribution in [-0.2, 0) is 24.3 Å². The molecule has 0 N–H and O–H groups in total. The number of unbranched alkanes of at least 4 members (excludes halogenated alkanes) is 10. The molecule has 2 aromatic carbocycles. The van der Waals surface area contributed by atoms with E-state index in [4.69, 9.17) is 13.9 Å². The summed E-state index contributed by atoms with van der Waals surface area (Å²) < 4.78 is 18.2. The van der Waals surface area contributed by atoms with Gasteiger partial charge in [-0.05, 0) is 61.5 Å². The van der Waals surface area contributed by atoms with Crippen molar-refractivity contribution in [1.82, 2.24) is 0 Å². The fourth-order valence-electron chi connectivity index (χ4n) is 5.01. The van der Waals surface area contributed by atoms with Crippen molar-refractivity contribution < 1.29 is 18.7 Å². The fourth-order valence-corrected chi connectivity index (χ4v) is 6.10. The van der Waals surface area contributed by atoms with Gasteiger partial charge in [-0.25, -0.2) is 4.79 Å². The number of fused-ring (bicyclic) bond motifs is 1. The molecule has 2 rings (SSSR count). The van der Waals surface area contributed by atoms with Crippen LogP contribution in [0.5, 0.6) is 0 Å². The normalized spacial score (nSPS) is 14.1. The molecule has 0 bridgehead atoms. The van der Waals surface area contributed by atoms with Crippen LogP contribution in [0, 0.1) is 11.8 Å². The number of carbonyl (C=O) groups excluding carboxylic acids is 1. The van der Waals surface area contributed by atoms with Crippen LogP contribution in [0.2, 0.25) is 18.1 Å². The summed E-state index contributed by atoms with van der Waals surface area (Å²) in [5.74, 6) is 6.15. The summed E-state index contributed by atoms with van der Waals surface area (Å²) in [6, 6.07) is 14.0. The van der Waals surface area contributed by atoms with Gasteiger partial charge < -0.3 is 13.9 Å². The van der Waals surface area contributed by atoms with Crippen molar-refractivity contribution in [2.24, 2.45) is 0 Å². The molecule has 0 heterocycles. The Balaban J connectivity index is 1.79. The number of ether oxygens (including phenoxy) is 2. The van der Waals surface area contributed by atoms with E-state index in [1.807, 2.05) is 42.5 Å². The fraction of sp³-hybridized carbons (Fsp3) is 0.658. The van der Waals surface area contributed by atoms with Crippen molar-refractivity contribution in [3.8, 4) is 11.8 Å². The number of hydrogen-bond acceptors (Lipinski definition) is 4. The molecule has 0 saturated heterocycles. The Morgan fingerprint density at radius 1 is 0.837 bits per heavy atom. The molecule has 0 saturated carbocycles. The lowest BCUT2D eigenvalue weighted by molar-refractivity contribution is -0.171. The number of carbonyl (C=O) groups is 1. The number of rotatable bonds is 19. The molecule has 5 heteroatoms. The zero-order chi connectivity index (χ0) is 31.8.